The van der Waals surface area contributed by atoms with Crippen LogP contribution in [0.3, 0.4) is 0 Å². The molecular weight excluding hydrogens is 262 g/mol. The molecule has 2 N–H and O–H groups in total. The maximum atomic E-state index is 6.02. The molecule has 0 saturated carbocycles. The molecule has 1 aromatic rings. The number of hydrogen-bond acceptors (Lipinski definition) is 4. The molecule has 1 atom stereocenters. The molecule has 0 unspecified atom stereocenters. The molecule has 0 amide bonds. The zero-order valence-electron chi connectivity index (χ0n) is 13.4. The summed E-state index contributed by atoms with van der Waals surface area (Å²) in [5.41, 5.74) is 8.37. The first-order chi connectivity index (χ1) is 10.00. The summed E-state index contributed by atoms with van der Waals surface area (Å²) in [6.45, 7) is 7.54. The Labute approximate surface area is 127 Å². The number of nitrogens with zero attached hydrogens (tertiary/aromatic N) is 2. The number of benzene rings is 1. The van der Waals surface area contributed by atoms with Crippen molar-refractivity contribution in [2.75, 3.05) is 37.3 Å². The summed E-state index contributed by atoms with van der Waals surface area (Å²) in [6, 6.07) is 6.19. The largest absolute Gasteiger partial charge is 0.489 e. The Hall–Kier alpha value is -1.42. The van der Waals surface area contributed by atoms with E-state index in [-0.39, 0.29) is 6.10 Å². The van der Waals surface area contributed by atoms with Crippen LogP contribution in [-0.4, -0.2) is 43.2 Å². The smallest absolute Gasteiger partial charge is 0.144 e. The summed E-state index contributed by atoms with van der Waals surface area (Å²) in [7, 11) is 2.27. The van der Waals surface area contributed by atoms with Gasteiger partial charge < -0.3 is 15.4 Å². The van der Waals surface area contributed by atoms with Gasteiger partial charge in [-0.05, 0) is 58.8 Å². The predicted molar refractivity (Wildman–Crippen MR) is 88.0 cm³/mol. The van der Waals surface area contributed by atoms with Gasteiger partial charge in [0.25, 0.3) is 0 Å². The molecule has 2 aliphatic heterocycles. The summed E-state index contributed by atoms with van der Waals surface area (Å²) in [5.74, 6) is 0.809. The molecule has 2 heterocycles. The van der Waals surface area contributed by atoms with Crippen LogP contribution in [0, 0.1) is 0 Å². The first kappa shape index (κ1) is 14.5. The van der Waals surface area contributed by atoms with Crippen molar-refractivity contribution in [3.05, 3.63) is 18.2 Å². The van der Waals surface area contributed by atoms with Crippen molar-refractivity contribution in [3.63, 3.8) is 0 Å². The molecule has 1 aromatic carbocycles. The van der Waals surface area contributed by atoms with E-state index in [9.17, 15) is 0 Å². The molecule has 4 nitrogen and oxygen atoms in total. The number of hydrogen-bond donors (Lipinski definition) is 1. The van der Waals surface area contributed by atoms with Gasteiger partial charge >= 0.3 is 0 Å². The normalized spacial score (nSPS) is 26.2. The number of anilines is 2. The minimum absolute atomic E-state index is 0.147. The molecular formula is C17H27N3O. The zero-order valence-corrected chi connectivity index (χ0v) is 13.4. The van der Waals surface area contributed by atoms with Gasteiger partial charge in [-0.1, -0.05) is 0 Å². The highest BCUT2D eigenvalue weighted by molar-refractivity contribution is 5.63. The number of likely N-dealkylation sites (N-methyl/N-ethyl adjacent to an activating group) is 1. The van der Waals surface area contributed by atoms with E-state index in [4.69, 9.17) is 10.5 Å². The highest BCUT2D eigenvalue weighted by Crippen LogP contribution is 2.39. The minimum Gasteiger partial charge on any atom is -0.489 e. The Morgan fingerprint density at radius 2 is 2.05 bits per heavy atom. The maximum absolute atomic E-state index is 6.02. The number of nitrogens with two attached hydrogens (primary N) is 1. The second-order valence-corrected chi connectivity index (χ2v) is 6.81. The van der Waals surface area contributed by atoms with Crippen molar-refractivity contribution >= 4 is 11.4 Å². The van der Waals surface area contributed by atoms with E-state index < -0.39 is 0 Å². The Balaban J connectivity index is 1.79. The fourth-order valence-corrected chi connectivity index (χ4v) is 3.74. The zero-order chi connectivity index (χ0) is 15.0. The number of nitrogen functional groups attached to an aromatic ring is 1. The number of likely N-dealkylation sites (tertiary alicyclic amines) is 1. The molecule has 4 heteroatoms. The standard InChI is InChI=1S/C17H27N3O/c1-13(2)21-16-11-14(5-6-15(16)18)20-10-8-17(12-20)7-4-9-19(17)3/h5-6,11,13H,4,7-10,12,18H2,1-3H3/t17-/m1/s1. The third-order valence-corrected chi connectivity index (χ3v) is 5.00. The predicted octanol–water partition coefficient (Wildman–Crippen LogP) is 2.73. The molecule has 2 saturated heterocycles. The van der Waals surface area contributed by atoms with E-state index in [1.54, 1.807) is 0 Å². The fourth-order valence-electron chi connectivity index (χ4n) is 3.74. The number of rotatable bonds is 3. The van der Waals surface area contributed by atoms with Gasteiger partial charge in [-0.2, -0.15) is 0 Å². The Morgan fingerprint density at radius 3 is 2.71 bits per heavy atom. The Bertz CT molecular complexity index is 517. The first-order valence-corrected chi connectivity index (χ1v) is 8.03. The van der Waals surface area contributed by atoms with Gasteiger partial charge in [0.1, 0.15) is 5.75 Å². The van der Waals surface area contributed by atoms with E-state index in [0.29, 0.717) is 5.54 Å². The van der Waals surface area contributed by atoms with Crippen molar-refractivity contribution in [2.45, 2.75) is 44.8 Å². The molecule has 0 radical (unpaired) electrons. The highest BCUT2D eigenvalue weighted by atomic mass is 16.5. The lowest BCUT2D eigenvalue weighted by molar-refractivity contribution is 0.198. The van der Waals surface area contributed by atoms with Crippen LogP contribution in [0.2, 0.25) is 0 Å². The molecule has 0 aliphatic carbocycles. The summed E-state index contributed by atoms with van der Waals surface area (Å²) >= 11 is 0. The Morgan fingerprint density at radius 1 is 1.24 bits per heavy atom. The third-order valence-electron chi connectivity index (χ3n) is 5.00. The van der Waals surface area contributed by atoms with Gasteiger partial charge in [-0.25, -0.2) is 0 Å². The van der Waals surface area contributed by atoms with Crippen molar-refractivity contribution in [1.29, 1.82) is 0 Å². The lowest BCUT2D eigenvalue weighted by Gasteiger charge is -2.32. The highest BCUT2D eigenvalue weighted by Gasteiger charge is 2.44. The monoisotopic (exact) mass is 289 g/mol. The average molecular weight is 289 g/mol. The molecule has 0 aromatic heterocycles. The Kier molecular flexibility index (Phi) is 3.74. The van der Waals surface area contributed by atoms with Crippen LogP contribution in [0.4, 0.5) is 11.4 Å². The third kappa shape index (κ3) is 2.69. The van der Waals surface area contributed by atoms with Crippen LogP contribution in [-0.2, 0) is 0 Å². The first-order valence-electron chi connectivity index (χ1n) is 8.03. The molecule has 3 rings (SSSR count). The van der Waals surface area contributed by atoms with E-state index in [2.05, 4.69) is 29.0 Å². The van der Waals surface area contributed by atoms with Crippen LogP contribution in [0.1, 0.15) is 33.1 Å². The topological polar surface area (TPSA) is 41.7 Å². The van der Waals surface area contributed by atoms with Crippen molar-refractivity contribution < 1.29 is 4.74 Å². The number of ether oxygens (including phenoxy) is 1. The summed E-state index contributed by atoms with van der Waals surface area (Å²) in [4.78, 5) is 5.03. The lowest BCUT2D eigenvalue weighted by atomic mass is 9.96. The van der Waals surface area contributed by atoms with Crippen molar-refractivity contribution in [3.8, 4) is 5.75 Å². The molecule has 2 fully saturated rings. The van der Waals surface area contributed by atoms with Crippen molar-refractivity contribution in [1.82, 2.24) is 4.90 Å². The van der Waals surface area contributed by atoms with Gasteiger partial charge in [0.05, 0.1) is 11.8 Å². The van der Waals surface area contributed by atoms with E-state index in [1.165, 1.54) is 31.5 Å². The SMILES string of the molecule is CC(C)Oc1cc(N2CC[C@]3(CCCN3C)C2)ccc1N. The van der Waals surface area contributed by atoms with Gasteiger partial charge in [-0.15, -0.1) is 0 Å². The van der Waals surface area contributed by atoms with Crippen LogP contribution >= 0.6 is 0 Å². The second-order valence-electron chi connectivity index (χ2n) is 6.81. The van der Waals surface area contributed by atoms with Crippen LogP contribution < -0.4 is 15.4 Å². The molecule has 1 spiro atoms. The van der Waals surface area contributed by atoms with Crippen molar-refractivity contribution in [2.24, 2.45) is 0 Å². The summed E-state index contributed by atoms with van der Waals surface area (Å²) < 4.78 is 5.82. The van der Waals surface area contributed by atoms with E-state index in [1.807, 2.05) is 19.9 Å². The summed E-state index contributed by atoms with van der Waals surface area (Å²) in [5, 5.41) is 0. The summed E-state index contributed by atoms with van der Waals surface area (Å²) in [6.07, 6.45) is 4.06. The minimum atomic E-state index is 0.147. The van der Waals surface area contributed by atoms with Gasteiger partial charge in [0.2, 0.25) is 0 Å². The fraction of sp³-hybridized carbons (Fsp3) is 0.647. The van der Waals surface area contributed by atoms with Crippen LogP contribution in [0.25, 0.3) is 0 Å². The quantitative estimate of drug-likeness (QED) is 0.869. The second kappa shape index (κ2) is 5.41. The van der Waals surface area contributed by atoms with E-state index >= 15 is 0 Å². The van der Waals surface area contributed by atoms with Gasteiger partial charge in [0, 0.05) is 30.4 Å². The maximum Gasteiger partial charge on any atom is 0.144 e. The molecule has 116 valence electrons. The van der Waals surface area contributed by atoms with E-state index in [0.717, 1.165) is 24.5 Å². The molecule has 2 aliphatic rings. The van der Waals surface area contributed by atoms with Gasteiger partial charge in [-0.3, -0.25) is 4.90 Å². The van der Waals surface area contributed by atoms with Gasteiger partial charge in [0.15, 0.2) is 0 Å². The lowest BCUT2D eigenvalue weighted by Crippen LogP contribution is -2.43. The average Bonchev–Trinajstić information content (AvgIpc) is 3.01. The van der Waals surface area contributed by atoms with Crippen LogP contribution in [0.15, 0.2) is 18.2 Å². The molecule has 0 bridgehead atoms. The molecule has 21 heavy (non-hydrogen) atoms. The van der Waals surface area contributed by atoms with Crippen LogP contribution in [0.5, 0.6) is 5.75 Å².